The third-order valence-corrected chi connectivity index (χ3v) is 5.09. The molecule has 1 aliphatic rings. The summed E-state index contributed by atoms with van der Waals surface area (Å²) >= 11 is 6.14. The fourth-order valence-corrected chi connectivity index (χ4v) is 3.53. The van der Waals surface area contributed by atoms with Gasteiger partial charge in [0.05, 0.1) is 24.1 Å². The molecule has 1 N–H and O–H groups in total. The highest BCUT2D eigenvalue weighted by Gasteiger charge is 2.40. The molecular formula is C24H19ClN2O3. The number of hydrogen-bond donors (Lipinski definition) is 1. The quantitative estimate of drug-likeness (QED) is 0.589. The van der Waals surface area contributed by atoms with Gasteiger partial charge in [-0.2, -0.15) is 0 Å². The zero-order valence-electron chi connectivity index (χ0n) is 16.5. The summed E-state index contributed by atoms with van der Waals surface area (Å²) in [4.78, 5) is 27.9. The Labute approximate surface area is 179 Å². The van der Waals surface area contributed by atoms with Gasteiger partial charge in [0.25, 0.3) is 11.8 Å². The van der Waals surface area contributed by atoms with E-state index in [1.807, 2.05) is 37.3 Å². The molecule has 0 bridgehead atoms. The van der Waals surface area contributed by atoms with Crippen molar-refractivity contribution in [2.75, 3.05) is 17.3 Å². The number of methoxy groups -OCH3 is 1. The SMILES string of the molecule is COc1ccc(Cl)cc1NC1=C(c2ccccc2)C(=O)N(c2ccc(C)cc2)C1=O. The Morgan fingerprint density at radius 3 is 2.27 bits per heavy atom. The molecule has 0 aromatic heterocycles. The van der Waals surface area contributed by atoms with Crippen molar-refractivity contribution in [3.05, 3.63) is 94.6 Å². The summed E-state index contributed by atoms with van der Waals surface area (Å²) in [5.74, 6) is -0.323. The molecule has 5 nitrogen and oxygen atoms in total. The highest BCUT2D eigenvalue weighted by molar-refractivity contribution is 6.46. The number of nitrogens with zero attached hydrogens (tertiary/aromatic N) is 1. The number of nitrogens with one attached hydrogen (secondary N) is 1. The second-order valence-corrected chi connectivity index (χ2v) is 7.30. The number of imide groups is 1. The van der Waals surface area contributed by atoms with Gasteiger partial charge >= 0.3 is 0 Å². The van der Waals surface area contributed by atoms with Crippen LogP contribution in [0.25, 0.3) is 5.57 Å². The number of amides is 2. The first-order chi connectivity index (χ1) is 14.5. The number of hydrogen-bond acceptors (Lipinski definition) is 4. The van der Waals surface area contributed by atoms with Crippen molar-refractivity contribution in [2.24, 2.45) is 0 Å². The second kappa shape index (κ2) is 8.05. The molecule has 0 fully saturated rings. The third kappa shape index (κ3) is 3.55. The molecule has 0 radical (unpaired) electrons. The lowest BCUT2D eigenvalue weighted by Gasteiger charge is -2.16. The summed E-state index contributed by atoms with van der Waals surface area (Å²) < 4.78 is 5.38. The molecule has 6 heteroatoms. The van der Waals surface area contributed by atoms with Crippen LogP contribution in [0, 0.1) is 6.92 Å². The van der Waals surface area contributed by atoms with E-state index < -0.39 is 11.8 Å². The minimum atomic E-state index is -0.440. The van der Waals surface area contributed by atoms with Crippen LogP contribution in [0.5, 0.6) is 5.75 Å². The first kappa shape index (κ1) is 19.7. The average Bonchev–Trinajstić information content (AvgIpc) is 2.99. The van der Waals surface area contributed by atoms with Crippen LogP contribution < -0.4 is 15.0 Å². The Kier molecular flexibility index (Phi) is 5.29. The molecule has 0 saturated heterocycles. The third-order valence-electron chi connectivity index (χ3n) is 4.86. The van der Waals surface area contributed by atoms with Gasteiger partial charge in [0.1, 0.15) is 11.4 Å². The van der Waals surface area contributed by atoms with Crippen LogP contribution in [0.3, 0.4) is 0 Å². The smallest absolute Gasteiger partial charge is 0.282 e. The zero-order valence-corrected chi connectivity index (χ0v) is 17.2. The number of carbonyl (C=O) groups excluding carboxylic acids is 2. The maximum atomic E-state index is 13.4. The number of aryl methyl sites for hydroxylation is 1. The van der Waals surface area contributed by atoms with Crippen molar-refractivity contribution in [1.82, 2.24) is 0 Å². The highest BCUT2D eigenvalue weighted by atomic mass is 35.5. The number of carbonyl (C=O) groups is 2. The van der Waals surface area contributed by atoms with Crippen LogP contribution >= 0.6 is 11.6 Å². The van der Waals surface area contributed by atoms with E-state index in [2.05, 4.69) is 5.32 Å². The normalized spacial score (nSPS) is 13.8. The van der Waals surface area contributed by atoms with Crippen LogP contribution in [0.1, 0.15) is 11.1 Å². The maximum Gasteiger partial charge on any atom is 0.282 e. The number of anilines is 2. The Bertz CT molecular complexity index is 1150. The van der Waals surface area contributed by atoms with Crippen molar-refractivity contribution in [3.63, 3.8) is 0 Å². The molecule has 3 aromatic carbocycles. The highest BCUT2D eigenvalue weighted by Crippen LogP contribution is 2.36. The maximum absolute atomic E-state index is 13.4. The summed E-state index contributed by atoms with van der Waals surface area (Å²) in [6, 6.07) is 21.4. The molecule has 0 aliphatic carbocycles. The molecule has 0 atom stereocenters. The van der Waals surface area contributed by atoms with Crippen LogP contribution in [-0.4, -0.2) is 18.9 Å². The Morgan fingerprint density at radius 1 is 0.900 bits per heavy atom. The van der Waals surface area contributed by atoms with Gasteiger partial charge in [-0.3, -0.25) is 9.59 Å². The molecule has 0 unspecified atom stereocenters. The molecule has 150 valence electrons. The summed E-state index contributed by atoms with van der Waals surface area (Å²) in [7, 11) is 1.53. The van der Waals surface area contributed by atoms with Crippen LogP contribution in [0.15, 0.2) is 78.5 Å². The predicted molar refractivity (Wildman–Crippen MR) is 119 cm³/mol. The standard InChI is InChI=1S/C24H19ClN2O3/c1-15-8-11-18(12-9-15)27-23(28)21(16-6-4-3-5-7-16)22(24(27)29)26-19-14-17(25)10-13-20(19)30-2/h3-14,26H,1-2H3. The van der Waals surface area contributed by atoms with E-state index in [-0.39, 0.29) is 5.70 Å². The molecule has 2 amide bonds. The van der Waals surface area contributed by atoms with Crippen molar-refractivity contribution in [2.45, 2.75) is 6.92 Å². The van der Waals surface area contributed by atoms with Gasteiger partial charge in [-0.05, 0) is 42.8 Å². The molecule has 3 aromatic rings. The lowest BCUT2D eigenvalue weighted by molar-refractivity contribution is -0.120. The Morgan fingerprint density at radius 2 is 1.60 bits per heavy atom. The second-order valence-electron chi connectivity index (χ2n) is 6.87. The lowest BCUT2D eigenvalue weighted by atomic mass is 10.0. The van der Waals surface area contributed by atoms with Gasteiger partial charge in [-0.1, -0.05) is 59.6 Å². The van der Waals surface area contributed by atoms with Crippen molar-refractivity contribution in [1.29, 1.82) is 0 Å². The first-order valence-electron chi connectivity index (χ1n) is 9.35. The first-order valence-corrected chi connectivity index (χ1v) is 9.73. The lowest BCUT2D eigenvalue weighted by Crippen LogP contribution is -2.32. The van der Waals surface area contributed by atoms with Gasteiger partial charge in [0.15, 0.2) is 0 Å². The van der Waals surface area contributed by atoms with E-state index in [0.717, 1.165) is 5.56 Å². The largest absolute Gasteiger partial charge is 0.495 e. The van der Waals surface area contributed by atoms with Gasteiger partial charge in [0.2, 0.25) is 0 Å². The Balaban J connectivity index is 1.84. The number of rotatable bonds is 5. The van der Waals surface area contributed by atoms with Crippen LogP contribution in [-0.2, 0) is 9.59 Å². The summed E-state index contributed by atoms with van der Waals surface area (Å²) in [5.41, 5.74) is 3.17. The van der Waals surface area contributed by atoms with E-state index in [4.69, 9.17) is 16.3 Å². The van der Waals surface area contributed by atoms with Crippen molar-refractivity contribution in [3.8, 4) is 5.75 Å². The fourth-order valence-electron chi connectivity index (χ4n) is 3.36. The number of benzene rings is 3. The van der Waals surface area contributed by atoms with Gasteiger partial charge < -0.3 is 10.1 Å². The van der Waals surface area contributed by atoms with Gasteiger partial charge in [0, 0.05) is 5.02 Å². The van der Waals surface area contributed by atoms with E-state index >= 15 is 0 Å². The van der Waals surface area contributed by atoms with Crippen LogP contribution in [0.2, 0.25) is 5.02 Å². The molecule has 4 rings (SSSR count). The molecule has 0 spiro atoms. The summed E-state index contributed by atoms with van der Waals surface area (Å²) in [6.45, 7) is 1.95. The Hall–Kier alpha value is -3.57. The zero-order chi connectivity index (χ0) is 21.3. The van der Waals surface area contributed by atoms with E-state index in [1.54, 1.807) is 42.5 Å². The fraction of sp³-hybridized carbons (Fsp3) is 0.0833. The van der Waals surface area contributed by atoms with Gasteiger partial charge in [-0.15, -0.1) is 0 Å². The van der Waals surface area contributed by atoms with E-state index in [0.29, 0.717) is 33.3 Å². The van der Waals surface area contributed by atoms with Crippen molar-refractivity contribution < 1.29 is 14.3 Å². The number of halogens is 1. The van der Waals surface area contributed by atoms with E-state index in [9.17, 15) is 9.59 Å². The molecule has 0 saturated carbocycles. The monoisotopic (exact) mass is 418 g/mol. The minimum Gasteiger partial charge on any atom is -0.495 e. The molecule has 1 heterocycles. The summed E-state index contributed by atoms with van der Waals surface area (Å²) in [6.07, 6.45) is 0. The van der Waals surface area contributed by atoms with Crippen molar-refractivity contribution >= 4 is 40.4 Å². The number of ether oxygens (including phenoxy) is 1. The van der Waals surface area contributed by atoms with Crippen LogP contribution in [0.4, 0.5) is 11.4 Å². The van der Waals surface area contributed by atoms with E-state index in [1.165, 1.54) is 12.0 Å². The topological polar surface area (TPSA) is 58.6 Å². The molecule has 30 heavy (non-hydrogen) atoms. The predicted octanol–water partition coefficient (Wildman–Crippen LogP) is 5.05. The molecular weight excluding hydrogens is 400 g/mol. The summed E-state index contributed by atoms with van der Waals surface area (Å²) in [5, 5.41) is 3.58. The minimum absolute atomic E-state index is 0.173. The molecule has 1 aliphatic heterocycles. The average molecular weight is 419 g/mol. The van der Waals surface area contributed by atoms with Gasteiger partial charge in [-0.25, -0.2) is 4.90 Å².